The van der Waals surface area contributed by atoms with Crippen LogP contribution in [0.3, 0.4) is 0 Å². The molecule has 13 heteroatoms. The standard InChI is InChI=1S/C21H15FN2O7P2S/c22-13-8-6-11(7-9-13)14-10-15(12-4-2-1-3-5-12)23-20-16(14)17-18(34-20)19(25)21(24-17,32(26,27)28)33(29,30)31/h1-10,24H,(H2,26,27,28)(H2,29,30,31). The maximum Gasteiger partial charge on any atom is 0.371 e. The summed E-state index contributed by atoms with van der Waals surface area (Å²) in [6, 6.07) is 16.2. The van der Waals surface area contributed by atoms with E-state index in [0.717, 1.165) is 16.9 Å². The van der Waals surface area contributed by atoms with Gasteiger partial charge in [0.1, 0.15) is 15.5 Å². The first-order valence-corrected chi connectivity index (χ1v) is 13.7. The highest BCUT2D eigenvalue weighted by Gasteiger charge is 2.70. The highest BCUT2D eigenvalue weighted by Crippen LogP contribution is 2.73. The minimum Gasteiger partial charge on any atom is -0.351 e. The molecular weight excluding hydrogens is 505 g/mol. The Morgan fingerprint density at radius 1 is 0.912 bits per heavy atom. The Morgan fingerprint density at radius 2 is 1.53 bits per heavy atom. The van der Waals surface area contributed by atoms with Crippen molar-refractivity contribution in [2.75, 3.05) is 5.32 Å². The maximum atomic E-state index is 13.6. The van der Waals surface area contributed by atoms with Crippen molar-refractivity contribution in [1.82, 2.24) is 4.98 Å². The van der Waals surface area contributed by atoms with Crippen LogP contribution in [0, 0.1) is 5.82 Å². The van der Waals surface area contributed by atoms with E-state index < -0.39 is 31.8 Å². The van der Waals surface area contributed by atoms with Crippen LogP contribution in [0.4, 0.5) is 10.1 Å². The van der Waals surface area contributed by atoms with Gasteiger partial charge >= 0.3 is 20.2 Å². The molecule has 34 heavy (non-hydrogen) atoms. The van der Waals surface area contributed by atoms with Gasteiger partial charge in [-0.15, -0.1) is 11.3 Å². The van der Waals surface area contributed by atoms with Gasteiger partial charge in [0.2, 0.25) is 5.78 Å². The number of aromatic nitrogens is 1. The average Bonchev–Trinajstić information content (AvgIpc) is 3.28. The molecule has 0 atom stereocenters. The normalized spacial score (nSPS) is 15.4. The number of thiophene rings is 1. The number of benzene rings is 2. The molecule has 4 aromatic rings. The number of halogens is 1. The SMILES string of the molecule is O=C1c2sc3nc(-c4ccccc4)cc(-c4ccc(F)cc4)c3c2NC1(P(=O)(O)O)P(=O)(O)O. The summed E-state index contributed by atoms with van der Waals surface area (Å²) in [5, 5.41) is -0.982. The Labute approximate surface area is 195 Å². The lowest BCUT2D eigenvalue weighted by atomic mass is 9.99. The monoisotopic (exact) mass is 520 g/mol. The number of rotatable bonds is 4. The molecule has 1 aliphatic rings. The van der Waals surface area contributed by atoms with Gasteiger partial charge in [-0.3, -0.25) is 13.9 Å². The maximum absolute atomic E-state index is 13.6. The van der Waals surface area contributed by atoms with Crippen molar-refractivity contribution in [3.05, 3.63) is 71.4 Å². The molecule has 0 bridgehead atoms. The van der Waals surface area contributed by atoms with Crippen LogP contribution in [-0.2, 0) is 9.13 Å². The lowest BCUT2D eigenvalue weighted by Crippen LogP contribution is -2.41. The second kappa shape index (κ2) is 7.63. The van der Waals surface area contributed by atoms with E-state index in [0.29, 0.717) is 21.7 Å². The molecule has 2 aromatic carbocycles. The second-order valence-electron chi connectivity index (χ2n) is 7.63. The molecule has 5 N–H and O–H groups in total. The van der Waals surface area contributed by atoms with Gasteiger partial charge in [-0.25, -0.2) is 9.37 Å². The average molecular weight is 520 g/mol. The predicted octanol–water partition coefficient (Wildman–Crippen LogP) is 4.39. The molecule has 3 heterocycles. The number of carbonyl (C=O) groups excluding carboxylic acids is 1. The Kier molecular flexibility index (Phi) is 5.16. The fraction of sp³-hybridized carbons (Fsp3) is 0.0476. The first-order valence-electron chi connectivity index (χ1n) is 9.67. The number of hydrogen-bond donors (Lipinski definition) is 5. The number of fused-ring (bicyclic) bond motifs is 3. The van der Waals surface area contributed by atoms with Crippen molar-refractivity contribution < 1.29 is 37.9 Å². The molecule has 0 spiro atoms. The van der Waals surface area contributed by atoms with Crippen molar-refractivity contribution in [2.45, 2.75) is 5.02 Å². The molecule has 0 aliphatic carbocycles. The van der Waals surface area contributed by atoms with Crippen molar-refractivity contribution in [3.63, 3.8) is 0 Å². The zero-order valence-corrected chi connectivity index (χ0v) is 19.5. The number of ketones is 1. The van der Waals surface area contributed by atoms with Crippen LogP contribution in [0.25, 0.3) is 32.6 Å². The van der Waals surface area contributed by atoms with Crippen molar-refractivity contribution in [1.29, 1.82) is 0 Å². The van der Waals surface area contributed by atoms with Gasteiger partial charge in [0.25, 0.3) is 0 Å². The smallest absolute Gasteiger partial charge is 0.351 e. The molecule has 5 rings (SSSR count). The summed E-state index contributed by atoms with van der Waals surface area (Å²) in [6.07, 6.45) is 0. The molecule has 0 saturated carbocycles. The first kappa shape index (κ1) is 23.0. The summed E-state index contributed by atoms with van der Waals surface area (Å²) in [7, 11) is -11.4. The largest absolute Gasteiger partial charge is 0.371 e. The molecule has 0 amide bonds. The quantitative estimate of drug-likeness (QED) is 0.246. The predicted molar refractivity (Wildman–Crippen MR) is 125 cm³/mol. The Balaban J connectivity index is 1.83. The lowest BCUT2D eigenvalue weighted by Gasteiger charge is -2.29. The number of nitrogens with one attached hydrogen (secondary N) is 1. The van der Waals surface area contributed by atoms with Gasteiger partial charge in [0.15, 0.2) is 0 Å². The molecule has 0 radical (unpaired) electrons. The third-order valence-corrected chi connectivity index (χ3v) is 10.5. The first-order chi connectivity index (χ1) is 15.9. The minimum atomic E-state index is -5.69. The van der Waals surface area contributed by atoms with E-state index in [4.69, 9.17) is 0 Å². The molecule has 174 valence electrons. The highest BCUT2D eigenvalue weighted by molar-refractivity contribution is 7.74. The van der Waals surface area contributed by atoms with Gasteiger partial charge in [-0.1, -0.05) is 42.5 Å². The van der Waals surface area contributed by atoms with Crippen LogP contribution >= 0.6 is 26.5 Å². The molecule has 1 aliphatic heterocycles. The van der Waals surface area contributed by atoms with Gasteiger partial charge < -0.3 is 24.9 Å². The Bertz CT molecular complexity index is 1540. The number of pyridine rings is 1. The summed E-state index contributed by atoms with van der Waals surface area (Å²) in [5.41, 5.74) is 2.08. The van der Waals surface area contributed by atoms with Crippen LogP contribution in [0.1, 0.15) is 9.67 Å². The fourth-order valence-corrected chi connectivity index (χ4v) is 7.89. The third-order valence-electron chi connectivity index (χ3n) is 5.55. The van der Waals surface area contributed by atoms with Gasteiger partial charge in [-0.2, -0.15) is 0 Å². The van der Waals surface area contributed by atoms with Crippen LogP contribution in [0.2, 0.25) is 0 Å². The Morgan fingerprint density at radius 3 is 2.12 bits per heavy atom. The van der Waals surface area contributed by atoms with E-state index in [1.54, 1.807) is 6.07 Å². The number of hydrogen-bond acceptors (Lipinski definition) is 6. The van der Waals surface area contributed by atoms with E-state index in [-0.39, 0.29) is 16.0 Å². The third kappa shape index (κ3) is 3.29. The highest BCUT2D eigenvalue weighted by atomic mass is 32.1. The van der Waals surface area contributed by atoms with Gasteiger partial charge in [-0.05, 0) is 29.3 Å². The molecule has 9 nitrogen and oxygen atoms in total. The molecule has 2 aromatic heterocycles. The minimum absolute atomic E-state index is 0.136. The van der Waals surface area contributed by atoms with Crippen molar-refractivity contribution in [3.8, 4) is 22.4 Å². The number of carbonyl (C=O) groups is 1. The molecule has 0 fully saturated rings. The van der Waals surface area contributed by atoms with Gasteiger partial charge in [0.05, 0.1) is 11.4 Å². The molecule has 0 unspecified atom stereocenters. The van der Waals surface area contributed by atoms with E-state index in [2.05, 4.69) is 10.3 Å². The van der Waals surface area contributed by atoms with E-state index in [1.807, 2.05) is 30.3 Å². The van der Waals surface area contributed by atoms with Crippen LogP contribution in [0.15, 0.2) is 60.7 Å². The van der Waals surface area contributed by atoms with Crippen LogP contribution in [-0.4, -0.2) is 35.4 Å². The van der Waals surface area contributed by atoms with E-state index >= 15 is 0 Å². The summed E-state index contributed by atoms with van der Waals surface area (Å²) in [4.78, 5) is 57.1. The number of Topliss-reactive ketones (excluding diaryl/α,β-unsaturated/α-hetero) is 1. The zero-order valence-electron chi connectivity index (χ0n) is 16.9. The number of anilines is 1. The molecule has 0 saturated heterocycles. The van der Waals surface area contributed by atoms with Gasteiger partial charge in [0, 0.05) is 10.9 Å². The fourth-order valence-electron chi connectivity index (χ4n) is 3.96. The molecular formula is C21H15FN2O7P2S. The van der Waals surface area contributed by atoms with Crippen molar-refractivity contribution >= 4 is 48.2 Å². The number of nitrogens with zero attached hydrogens (tertiary/aromatic N) is 1. The van der Waals surface area contributed by atoms with Crippen molar-refractivity contribution in [2.24, 2.45) is 0 Å². The second-order valence-corrected chi connectivity index (χ2v) is 12.5. The Hall–Kier alpha value is -2.75. The summed E-state index contributed by atoms with van der Waals surface area (Å²) in [6.45, 7) is 0. The van der Waals surface area contributed by atoms with E-state index in [9.17, 15) is 37.9 Å². The summed E-state index contributed by atoms with van der Waals surface area (Å²) < 4.78 is 38.0. The lowest BCUT2D eigenvalue weighted by molar-refractivity contribution is 0.0974. The van der Waals surface area contributed by atoms with Crippen LogP contribution in [0.5, 0.6) is 0 Å². The zero-order chi connectivity index (χ0) is 24.5. The summed E-state index contributed by atoms with van der Waals surface area (Å²) in [5.74, 6) is -1.89. The topological polar surface area (TPSA) is 157 Å². The summed E-state index contributed by atoms with van der Waals surface area (Å²) >= 11 is 0.766. The van der Waals surface area contributed by atoms with E-state index in [1.165, 1.54) is 24.3 Å². The van der Waals surface area contributed by atoms with Crippen LogP contribution < -0.4 is 5.32 Å².